The molecule has 2 aromatic carbocycles. The highest BCUT2D eigenvalue weighted by atomic mass is 16.5. The lowest BCUT2D eigenvalue weighted by molar-refractivity contribution is 0.309. The summed E-state index contributed by atoms with van der Waals surface area (Å²) in [5.41, 5.74) is 3.26. The van der Waals surface area contributed by atoms with Gasteiger partial charge < -0.3 is 14.2 Å². The molecule has 0 unspecified atom stereocenters. The van der Waals surface area contributed by atoms with Crippen LogP contribution < -0.4 is 14.2 Å². The summed E-state index contributed by atoms with van der Waals surface area (Å²) in [6, 6.07) is 12.2. The van der Waals surface area contributed by atoms with Crippen molar-refractivity contribution >= 4 is 12.2 Å². The van der Waals surface area contributed by atoms with Crippen LogP contribution in [0.1, 0.15) is 36.5 Å². The number of unbranched alkanes of at least 4 members (excludes halogenated alkanes) is 1. The van der Waals surface area contributed by atoms with E-state index in [2.05, 4.69) is 37.3 Å². The molecule has 3 heteroatoms. The molecule has 0 saturated heterocycles. The average Bonchev–Trinajstić information content (AvgIpc) is 2.60. The number of hydrogen-bond acceptors (Lipinski definition) is 3. The van der Waals surface area contributed by atoms with Gasteiger partial charge in [0.1, 0.15) is 5.75 Å². The molecule has 0 aromatic heterocycles. The van der Waals surface area contributed by atoms with Crippen LogP contribution in [0.5, 0.6) is 17.2 Å². The Labute approximate surface area is 144 Å². The Kier molecular flexibility index (Phi) is 6.74. The van der Waals surface area contributed by atoms with Gasteiger partial charge in [0.2, 0.25) is 0 Å². The molecule has 0 atom stereocenters. The van der Waals surface area contributed by atoms with Gasteiger partial charge in [-0.2, -0.15) is 0 Å². The maximum Gasteiger partial charge on any atom is 0.163 e. The van der Waals surface area contributed by atoms with Crippen molar-refractivity contribution in [1.82, 2.24) is 0 Å². The molecule has 0 aliphatic rings. The van der Waals surface area contributed by atoms with Gasteiger partial charge >= 0.3 is 0 Å². The molecule has 0 fully saturated rings. The minimum absolute atomic E-state index is 0.747. The predicted octanol–water partition coefficient (Wildman–Crippen LogP) is 5.36. The topological polar surface area (TPSA) is 27.7 Å². The first-order valence-electron chi connectivity index (χ1n) is 8.31. The molecule has 0 spiro atoms. The molecule has 0 radical (unpaired) electrons. The van der Waals surface area contributed by atoms with Crippen LogP contribution in [-0.2, 0) is 0 Å². The molecule has 0 heterocycles. The van der Waals surface area contributed by atoms with E-state index >= 15 is 0 Å². The number of aryl methyl sites for hydroxylation is 1. The van der Waals surface area contributed by atoms with Crippen LogP contribution in [0.4, 0.5) is 0 Å². The molecule has 0 bridgehead atoms. The zero-order valence-electron chi connectivity index (χ0n) is 15.0. The van der Waals surface area contributed by atoms with E-state index in [-0.39, 0.29) is 0 Å². The van der Waals surface area contributed by atoms with Crippen LogP contribution in [0.3, 0.4) is 0 Å². The van der Waals surface area contributed by atoms with E-state index in [1.807, 2.05) is 25.1 Å². The van der Waals surface area contributed by atoms with Gasteiger partial charge in [-0.1, -0.05) is 37.6 Å². The summed E-state index contributed by atoms with van der Waals surface area (Å²) in [4.78, 5) is 0. The molecule has 24 heavy (non-hydrogen) atoms. The molecule has 0 saturated carbocycles. The Hall–Kier alpha value is -2.42. The van der Waals surface area contributed by atoms with Crippen LogP contribution in [0.15, 0.2) is 36.4 Å². The maximum absolute atomic E-state index is 5.68. The summed E-state index contributed by atoms with van der Waals surface area (Å²) >= 11 is 0. The lowest BCUT2D eigenvalue weighted by Gasteiger charge is -2.11. The average molecular weight is 326 g/mol. The SMILES string of the molecule is CCCCOc1ccc(/C=C/c2cc(C)c(OC)c(OC)c2)cc1. The van der Waals surface area contributed by atoms with Crippen LogP contribution in [0.25, 0.3) is 12.2 Å². The number of hydrogen-bond donors (Lipinski definition) is 0. The Morgan fingerprint density at radius 2 is 1.62 bits per heavy atom. The molecular weight excluding hydrogens is 300 g/mol. The zero-order valence-corrected chi connectivity index (χ0v) is 15.0. The lowest BCUT2D eigenvalue weighted by atomic mass is 10.1. The quantitative estimate of drug-likeness (QED) is 0.483. The molecule has 128 valence electrons. The number of methoxy groups -OCH3 is 2. The normalized spacial score (nSPS) is 10.8. The standard InChI is InChI=1S/C21H26O3/c1-5-6-13-24-19-11-9-17(10-12-19)7-8-18-14-16(2)21(23-4)20(15-18)22-3/h7-12,14-15H,5-6,13H2,1-4H3/b8-7+. The predicted molar refractivity (Wildman–Crippen MR) is 100 cm³/mol. The van der Waals surface area contributed by atoms with E-state index in [0.29, 0.717) is 0 Å². The monoisotopic (exact) mass is 326 g/mol. The molecule has 0 aliphatic heterocycles. The highest BCUT2D eigenvalue weighted by Gasteiger charge is 2.07. The van der Waals surface area contributed by atoms with Gasteiger partial charge in [0, 0.05) is 0 Å². The Morgan fingerprint density at radius 1 is 0.917 bits per heavy atom. The van der Waals surface area contributed by atoms with Crippen molar-refractivity contribution in [2.45, 2.75) is 26.7 Å². The number of ether oxygens (including phenoxy) is 3. The Morgan fingerprint density at radius 3 is 2.25 bits per heavy atom. The third-order valence-electron chi connectivity index (χ3n) is 3.80. The van der Waals surface area contributed by atoms with Crippen molar-refractivity contribution in [2.75, 3.05) is 20.8 Å². The molecule has 2 aromatic rings. The first-order valence-corrected chi connectivity index (χ1v) is 8.31. The minimum Gasteiger partial charge on any atom is -0.494 e. The number of rotatable bonds is 8. The molecule has 0 aliphatic carbocycles. The second-order valence-electron chi connectivity index (χ2n) is 5.68. The van der Waals surface area contributed by atoms with Crippen molar-refractivity contribution in [2.24, 2.45) is 0 Å². The fraction of sp³-hybridized carbons (Fsp3) is 0.333. The molecule has 3 nitrogen and oxygen atoms in total. The van der Waals surface area contributed by atoms with Gasteiger partial charge in [0.05, 0.1) is 20.8 Å². The zero-order chi connectivity index (χ0) is 17.4. The summed E-state index contributed by atoms with van der Waals surface area (Å²) in [6.45, 7) is 4.95. The van der Waals surface area contributed by atoms with Crippen LogP contribution >= 0.6 is 0 Å². The number of benzene rings is 2. The summed E-state index contributed by atoms with van der Waals surface area (Å²) in [7, 11) is 3.31. The maximum atomic E-state index is 5.68. The first-order chi connectivity index (χ1) is 11.7. The Bertz CT molecular complexity index is 672. The van der Waals surface area contributed by atoms with Gasteiger partial charge in [-0.15, -0.1) is 0 Å². The van der Waals surface area contributed by atoms with Crippen LogP contribution in [0, 0.1) is 6.92 Å². The van der Waals surface area contributed by atoms with Crippen molar-refractivity contribution < 1.29 is 14.2 Å². The highest BCUT2D eigenvalue weighted by Crippen LogP contribution is 2.32. The first kappa shape index (κ1) is 17.9. The second-order valence-corrected chi connectivity index (χ2v) is 5.68. The summed E-state index contributed by atoms with van der Waals surface area (Å²) in [6.07, 6.45) is 6.38. The molecule has 0 amide bonds. The third kappa shape index (κ3) is 4.79. The van der Waals surface area contributed by atoms with Crippen molar-refractivity contribution in [3.63, 3.8) is 0 Å². The summed E-state index contributed by atoms with van der Waals surface area (Å²) < 4.78 is 16.5. The van der Waals surface area contributed by atoms with E-state index in [1.165, 1.54) is 0 Å². The van der Waals surface area contributed by atoms with E-state index in [0.717, 1.165) is 53.4 Å². The summed E-state index contributed by atoms with van der Waals surface area (Å²) in [5.74, 6) is 2.45. The van der Waals surface area contributed by atoms with Crippen LogP contribution in [0.2, 0.25) is 0 Å². The van der Waals surface area contributed by atoms with Crippen molar-refractivity contribution in [3.8, 4) is 17.2 Å². The van der Waals surface area contributed by atoms with E-state index in [1.54, 1.807) is 14.2 Å². The largest absolute Gasteiger partial charge is 0.494 e. The van der Waals surface area contributed by atoms with Crippen molar-refractivity contribution in [1.29, 1.82) is 0 Å². The summed E-state index contributed by atoms with van der Waals surface area (Å²) in [5, 5.41) is 0. The van der Waals surface area contributed by atoms with Gasteiger partial charge in [-0.3, -0.25) is 0 Å². The molecule has 2 rings (SSSR count). The second kappa shape index (κ2) is 9.02. The Balaban J connectivity index is 2.09. The van der Waals surface area contributed by atoms with Crippen molar-refractivity contribution in [3.05, 3.63) is 53.1 Å². The fourth-order valence-electron chi connectivity index (χ4n) is 2.48. The third-order valence-corrected chi connectivity index (χ3v) is 3.80. The highest BCUT2D eigenvalue weighted by molar-refractivity contribution is 5.72. The van der Waals surface area contributed by atoms with Gasteiger partial charge in [-0.05, 0) is 54.3 Å². The fourth-order valence-corrected chi connectivity index (χ4v) is 2.48. The van der Waals surface area contributed by atoms with E-state index in [4.69, 9.17) is 14.2 Å². The molecular formula is C21H26O3. The van der Waals surface area contributed by atoms with E-state index < -0.39 is 0 Å². The van der Waals surface area contributed by atoms with E-state index in [9.17, 15) is 0 Å². The lowest BCUT2D eigenvalue weighted by Crippen LogP contribution is -1.95. The van der Waals surface area contributed by atoms with Crippen LogP contribution in [-0.4, -0.2) is 20.8 Å². The van der Waals surface area contributed by atoms with Gasteiger partial charge in [-0.25, -0.2) is 0 Å². The molecule has 0 N–H and O–H groups in total. The minimum atomic E-state index is 0.747. The van der Waals surface area contributed by atoms with Gasteiger partial charge in [0.25, 0.3) is 0 Å². The smallest absolute Gasteiger partial charge is 0.163 e. The van der Waals surface area contributed by atoms with Gasteiger partial charge in [0.15, 0.2) is 11.5 Å².